The van der Waals surface area contributed by atoms with Crippen molar-refractivity contribution in [1.82, 2.24) is 14.9 Å². The maximum Gasteiger partial charge on any atom is 0.334 e. The van der Waals surface area contributed by atoms with Gasteiger partial charge >= 0.3 is 5.97 Å². The van der Waals surface area contributed by atoms with E-state index in [1.54, 1.807) is 0 Å². The molecule has 1 saturated heterocycles. The third kappa shape index (κ3) is 3.74. The van der Waals surface area contributed by atoms with Gasteiger partial charge in [-0.2, -0.15) is 0 Å². The van der Waals surface area contributed by atoms with E-state index in [-0.39, 0.29) is 11.9 Å². The SMILES string of the molecule is CN(C)C1=CC(c2c(-c3ccccc3)[nH]c3ccccc23)(c2c(-c3ccccc3)[nH]c3ccccc23)C2COC(=O)C2=C1. The van der Waals surface area contributed by atoms with Crippen molar-refractivity contribution in [3.8, 4) is 22.5 Å². The van der Waals surface area contributed by atoms with Gasteiger partial charge in [0.25, 0.3) is 0 Å². The molecule has 2 aromatic heterocycles. The summed E-state index contributed by atoms with van der Waals surface area (Å²) in [5.41, 5.74) is 9.57. The Morgan fingerprint density at radius 3 is 1.70 bits per heavy atom. The van der Waals surface area contributed by atoms with Gasteiger partial charge < -0.3 is 19.6 Å². The second kappa shape index (κ2) is 9.63. The van der Waals surface area contributed by atoms with Crippen LogP contribution in [-0.4, -0.2) is 41.5 Å². The van der Waals surface area contributed by atoms with Gasteiger partial charge in [0.1, 0.15) is 6.61 Å². The predicted octanol–water partition coefficient (Wildman–Crippen LogP) is 7.83. The number of aromatic amines is 2. The number of ether oxygens (including phenoxy) is 1. The molecule has 5 heteroatoms. The number of esters is 1. The number of carbonyl (C=O) groups is 1. The molecule has 4 aromatic carbocycles. The molecular formula is C38H31N3O2. The highest BCUT2D eigenvalue weighted by Gasteiger charge is 2.54. The lowest BCUT2D eigenvalue weighted by Gasteiger charge is -2.41. The number of cyclic esters (lactones) is 1. The number of nitrogens with one attached hydrogen (secondary N) is 2. The quantitative estimate of drug-likeness (QED) is 0.211. The van der Waals surface area contributed by atoms with Crippen molar-refractivity contribution in [2.75, 3.05) is 20.7 Å². The summed E-state index contributed by atoms with van der Waals surface area (Å²) in [6, 6.07) is 38.0. The van der Waals surface area contributed by atoms with Gasteiger partial charge in [-0.3, -0.25) is 0 Å². The van der Waals surface area contributed by atoms with Gasteiger partial charge in [0.2, 0.25) is 0 Å². The molecule has 0 amide bonds. The average Bonchev–Trinajstić information content (AvgIpc) is 3.75. The summed E-state index contributed by atoms with van der Waals surface area (Å²) in [7, 11) is 4.07. The zero-order valence-corrected chi connectivity index (χ0v) is 24.1. The Bertz CT molecular complexity index is 1960. The van der Waals surface area contributed by atoms with Crippen LogP contribution in [0.2, 0.25) is 0 Å². The fourth-order valence-corrected chi connectivity index (χ4v) is 7.21. The number of hydrogen-bond donors (Lipinski definition) is 2. The first-order chi connectivity index (χ1) is 21.1. The van der Waals surface area contributed by atoms with Crippen LogP contribution in [0.5, 0.6) is 0 Å². The van der Waals surface area contributed by atoms with Crippen LogP contribution in [0, 0.1) is 5.92 Å². The smallest absolute Gasteiger partial charge is 0.334 e. The maximum atomic E-state index is 13.5. The van der Waals surface area contributed by atoms with E-state index in [0.29, 0.717) is 12.2 Å². The minimum Gasteiger partial charge on any atom is -0.462 e. The summed E-state index contributed by atoms with van der Waals surface area (Å²) in [5, 5.41) is 2.25. The highest BCUT2D eigenvalue weighted by molar-refractivity contribution is 6.01. The van der Waals surface area contributed by atoms with Crippen LogP contribution < -0.4 is 0 Å². The van der Waals surface area contributed by atoms with E-state index in [2.05, 4.69) is 118 Å². The molecule has 1 atom stereocenters. The second-order valence-corrected chi connectivity index (χ2v) is 11.7. The van der Waals surface area contributed by atoms with Gasteiger partial charge in [-0.1, -0.05) is 97.1 Å². The number of hydrogen-bond acceptors (Lipinski definition) is 3. The van der Waals surface area contributed by atoms with E-state index in [9.17, 15) is 4.79 Å². The summed E-state index contributed by atoms with van der Waals surface area (Å²) in [6.45, 7) is 0.295. The molecule has 43 heavy (non-hydrogen) atoms. The zero-order chi connectivity index (χ0) is 29.1. The summed E-state index contributed by atoms with van der Waals surface area (Å²) in [6.07, 6.45) is 4.40. The van der Waals surface area contributed by atoms with Crippen LogP contribution >= 0.6 is 0 Å². The van der Waals surface area contributed by atoms with Crippen LogP contribution in [0.15, 0.2) is 133 Å². The van der Waals surface area contributed by atoms with Crippen molar-refractivity contribution < 1.29 is 9.53 Å². The lowest BCUT2D eigenvalue weighted by atomic mass is 9.59. The average molecular weight is 562 g/mol. The molecule has 8 rings (SSSR count). The predicted molar refractivity (Wildman–Crippen MR) is 173 cm³/mol. The molecule has 2 aliphatic rings. The molecule has 0 bridgehead atoms. The first kappa shape index (κ1) is 25.4. The highest BCUT2D eigenvalue weighted by atomic mass is 16.5. The molecule has 5 nitrogen and oxygen atoms in total. The molecule has 1 unspecified atom stereocenters. The van der Waals surface area contributed by atoms with Crippen molar-refractivity contribution in [3.05, 3.63) is 144 Å². The largest absolute Gasteiger partial charge is 0.462 e. The van der Waals surface area contributed by atoms with Gasteiger partial charge in [0.05, 0.1) is 16.8 Å². The monoisotopic (exact) mass is 561 g/mol. The summed E-state index contributed by atoms with van der Waals surface area (Å²) in [5.74, 6) is -0.490. The minimum atomic E-state index is -0.772. The zero-order valence-electron chi connectivity index (χ0n) is 24.1. The molecule has 1 aliphatic carbocycles. The molecular weight excluding hydrogens is 530 g/mol. The van der Waals surface area contributed by atoms with Crippen molar-refractivity contribution in [2.24, 2.45) is 5.92 Å². The fourth-order valence-electron chi connectivity index (χ4n) is 7.21. The number of aromatic nitrogens is 2. The first-order valence-corrected chi connectivity index (χ1v) is 14.7. The number of benzene rings is 4. The van der Waals surface area contributed by atoms with Crippen molar-refractivity contribution >= 4 is 27.8 Å². The van der Waals surface area contributed by atoms with Crippen LogP contribution in [0.25, 0.3) is 44.3 Å². The van der Waals surface area contributed by atoms with E-state index in [1.165, 1.54) is 0 Å². The van der Waals surface area contributed by atoms with E-state index >= 15 is 0 Å². The molecule has 6 aromatic rings. The van der Waals surface area contributed by atoms with Crippen LogP contribution in [0.1, 0.15) is 11.1 Å². The molecule has 210 valence electrons. The molecule has 0 radical (unpaired) electrons. The summed E-state index contributed by atoms with van der Waals surface area (Å²) in [4.78, 5) is 23.2. The Morgan fingerprint density at radius 2 is 1.19 bits per heavy atom. The van der Waals surface area contributed by atoms with Crippen LogP contribution in [0.4, 0.5) is 0 Å². The molecule has 2 N–H and O–H groups in total. The van der Waals surface area contributed by atoms with Crippen LogP contribution in [-0.2, 0) is 14.9 Å². The number of nitrogens with zero attached hydrogens (tertiary/aromatic N) is 1. The lowest BCUT2D eigenvalue weighted by Crippen LogP contribution is -2.40. The Morgan fingerprint density at radius 1 is 0.698 bits per heavy atom. The van der Waals surface area contributed by atoms with Gasteiger partial charge in [-0.05, 0) is 35.4 Å². The van der Waals surface area contributed by atoms with Crippen molar-refractivity contribution in [1.29, 1.82) is 0 Å². The third-order valence-corrected chi connectivity index (χ3v) is 9.10. The van der Waals surface area contributed by atoms with E-state index in [4.69, 9.17) is 4.74 Å². The lowest BCUT2D eigenvalue weighted by molar-refractivity contribution is -0.135. The number of carbonyl (C=O) groups excluding carboxylic acids is 1. The minimum absolute atomic E-state index is 0.243. The summed E-state index contributed by atoms with van der Waals surface area (Å²) >= 11 is 0. The van der Waals surface area contributed by atoms with Gasteiger partial charge in [0.15, 0.2) is 0 Å². The Labute approximate surface area is 250 Å². The first-order valence-electron chi connectivity index (χ1n) is 14.7. The second-order valence-electron chi connectivity index (χ2n) is 11.7. The van der Waals surface area contributed by atoms with Gasteiger partial charge in [-0.15, -0.1) is 0 Å². The Hall–Kier alpha value is -5.29. The molecule has 0 spiro atoms. The Balaban J connectivity index is 1.61. The van der Waals surface area contributed by atoms with Crippen molar-refractivity contribution in [3.63, 3.8) is 0 Å². The number of H-pyrrole nitrogens is 2. The number of likely N-dealkylation sites (N-methyl/N-ethyl adjacent to an activating group) is 1. The molecule has 1 aliphatic heterocycles. The van der Waals surface area contributed by atoms with E-state index in [0.717, 1.165) is 61.1 Å². The number of fused-ring (bicyclic) bond motifs is 3. The van der Waals surface area contributed by atoms with Gasteiger partial charge in [0, 0.05) is 64.2 Å². The standard InChI is InChI=1S/C38H31N3O2/c1-41(2)26-21-29-30(23-43-37(29)42)38(22-26,33-27-17-9-11-19-31(27)39-35(33)24-13-5-3-6-14-24)34-28-18-10-12-20-32(28)40-36(34)25-15-7-4-8-16-25/h3-22,30,39-40H,23H2,1-2H3. The normalized spacial score (nSPS) is 17.4. The topological polar surface area (TPSA) is 61.1 Å². The van der Waals surface area contributed by atoms with E-state index in [1.807, 2.05) is 32.3 Å². The molecule has 1 fully saturated rings. The van der Waals surface area contributed by atoms with Crippen molar-refractivity contribution in [2.45, 2.75) is 5.41 Å². The highest BCUT2D eigenvalue weighted by Crippen LogP contribution is 2.57. The third-order valence-electron chi connectivity index (χ3n) is 9.10. The number of allylic oxidation sites excluding steroid dienone is 2. The number of rotatable bonds is 5. The molecule has 3 heterocycles. The van der Waals surface area contributed by atoms with Crippen LogP contribution in [0.3, 0.4) is 0 Å². The van der Waals surface area contributed by atoms with Gasteiger partial charge in [-0.25, -0.2) is 4.79 Å². The van der Waals surface area contributed by atoms with E-state index < -0.39 is 5.41 Å². The number of para-hydroxylation sites is 2. The maximum absolute atomic E-state index is 13.5. The summed E-state index contributed by atoms with van der Waals surface area (Å²) < 4.78 is 5.92. The Kier molecular flexibility index (Phi) is 5.70. The fraction of sp³-hybridized carbons (Fsp3) is 0.132. The molecule has 0 saturated carbocycles.